The predicted octanol–water partition coefficient (Wildman–Crippen LogP) is 3.29. The first-order chi connectivity index (χ1) is 13.3. The lowest BCUT2D eigenvalue weighted by Gasteiger charge is -2.10. The summed E-state index contributed by atoms with van der Waals surface area (Å²) in [4.78, 5) is 23.9. The van der Waals surface area contributed by atoms with Gasteiger partial charge in [-0.2, -0.15) is 10.2 Å². The molecule has 0 saturated heterocycles. The molecule has 2 aromatic heterocycles. The first kappa shape index (κ1) is 19.3. The van der Waals surface area contributed by atoms with E-state index in [4.69, 9.17) is 0 Å². The number of rotatable bonds is 6. The van der Waals surface area contributed by atoms with Crippen LogP contribution in [0.1, 0.15) is 46.0 Å². The summed E-state index contributed by atoms with van der Waals surface area (Å²) in [7, 11) is 0. The maximum absolute atomic E-state index is 12.7. The van der Waals surface area contributed by atoms with Crippen LogP contribution in [0.15, 0.2) is 36.7 Å². The molecule has 28 heavy (non-hydrogen) atoms. The Bertz CT molecular complexity index is 1030. The second-order valence-electron chi connectivity index (χ2n) is 7.08. The molecule has 0 aliphatic heterocycles. The molecule has 0 fully saturated rings. The highest BCUT2D eigenvalue weighted by atomic mass is 16.4. The zero-order chi connectivity index (χ0) is 20.4. The van der Waals surface area contributed by atoms with E-state index < -0.39 is 5.97 Å². The first-order valence-electron chi connectivity index (χ1n) is 9.00. The largest absolute Gasteiger partial charge is 0.478 e. The van der Waals surface area contributed by atoms with Gasteiger partial charge in [-0.1, -0.05) is 19.9 Å². The molecule has 8 nitrogen and oxygen atoms in total. The molecule has 8 heteroatoms. The number of benzene rings is 1. The number of aromatic carboxylic acids is 1. The molecule has 1 aromatic carbocycles. The number of nitrogens with zero attached hydrogens (tertiary/aromatic N) is 4. The van der Waals surface area contributed by atoms with E-state index in [1.807, 2.05) is 11.6 Å². The van der Waals surface area contributed by atoms with Crippen LogP contribution in [0.5, 0.6) is 0 Å². The van der Waals surface area contributed by atoms with E-state index in [9.17, 15) is 14.7 Å². The summed E-state index contributed by atoms with van der Waals surface area (Å²) >= 11 is 0. The second kappa shape index (κ2) is 7.67. The SMILES string of the molecule is Cc1c(C(=O)Nc2cccc(-n3ncc(C(=O)O)c3C)c2)cnn1CC(C)C. The quantitative estimate of drug-likeness (QED) is 0.682. The van der Waals surface area contributed by atoms with Crippen LogP contribution >= 0.6 is 0 Å². The minimum absolute atomic E-state index is 0.141. The summed E-state index contributed by atoms with van der Waals surface area (Å²) in [6.45, 7) is 8.51. The molecule has 3 rings (SSSR count). The number of aromatic nitrogens is 4. The molecule has 0 spiro atoms. The molecule has 2 heterocycles. The molecule has 0 saturated carbocycles. The fraction of sp³-hybridized carbons (Fsp3) is 0.300. The van der Waals surface area contributed by atoms with Crippen molar-refractivity contribution in [3.8, 4) is 5.69 Å². The van der Waals surface area contributed by atoms with Crippen LogP contribution in [0.2, 0.25) is 0 Å². The zero-order valence-electron chi connectivity index (χ0n) is 16.3. The normalized spacial score (nSPS) is 11.0. The average molecular weight is 381 g/mol. The number of hydrogen-bond acceptors (Lipinski definition) is 4. The van der Waals surface area contributed by atoms with E-state index >= 15 is 0 Å². The van der Waals surface area contributed by atoms with Crippen LogP contribution in [0.4, 0.5) is 5.69 Å². The molecule has 1 amide bonds. The predicted molar refractivity (Wildman–Crippen MR) is 105 cm³/mol. The van der Waals surface area contributed by atoms with E-state index in [-0.39, 0.29) is 11.5 Å². The molecule has 2 N–H and O–H groups in total. The van der Waals surface area contributed by atoms with Crippen LogP contribution in [0.3, 0.4) is 0 Å². The Morgan fingerprint density at radius 3 is 2.46 bits per heavy atom. The maximum Gasteiger partial charge on any atom is 0.339 e. The average Bonchev–Trinajstić information content (AvgIpc) is 3.18. The van der Waals surface area contributed by atoms with Crippen molar-refractivity contribution in [2.45, 2.75) is 34.2 Å². The van der Waals surface area contributed by atoms with Crippen molar-refractivity contribution in [3.63, 3.8) is 0 Å². The van der Waals surface area contributed by atoms with Gasteiger partial charge in [-0.15, -0.1) is 0 Å². The number of nitrogens with one attached hydrogen (secondary N) is 1. The van der Waals surface area contributed by atoms with Gasteiger partial charge in [0.25, 0.3) is 5.91 Å². The Morgan fingerprint density at radius 1 is 1.11 bits per heavy atom. The van der Waals surface area contributed by atoms with Gasteiger partial charge in [0.1, 0.15) is 5.56 Å². The van der Waals surface area contributed by atoms with Gasteiger partial charge in [-0.3, -0.25) is 9.48 Å². The first-order valence-corrected chi connectivity index (χ1v) is 9.00. The minimum atomic E-state index is -1.03. The van der Waals surface area contributed by atoms with Crippen molar-refractivity contribution in [2.24, 2.45) is 5.92 Å². The smallest absolute Gasteiger partial charge is 0.339 e. The fourth-order valence-electron chi connectivity index (χ4n) is 2.99. The van der Waals surface area contributed by atoms with Crippen LogP contribution in [-0.2, 0) is 6.54 Å². The van der Waals surface area contributed by atoms with Crippen molar-refractivity contribution in [1.29, 1.82) is 0 Å². The van der Waals surface area contributed by atoms with E-state index in [2.05, 4.69) is 29.4 Å². The summed E-state index contributed by atoms with van der Waals surface area (Å²) < 4.78 is 3.36. The number of anilines is 1. The lowest BCUT2D eigenvalue weighted by atomic mass is 10.2. The Balaban J connectivity index is 1.83. The van der Waals surface area contributed by atoms with Crippen molar-refractivity contribution in [2.75, 3.05) is 5.32 Å². The summed E-state index contributed by atoms with van der Waals surface area (Å²) in [5.41, 5.74) is 3.25. The van der Waals surface area contributed by atoms with E-state index in [0.29, 0.717) is 28.6 Å². The second-order valence-corrected chi connectivity index (χ2v) is 7.08. The van der Waals surface area contributed by atoms with Gasteiger partial charge in [0.05, 0.1) is 29.3 Å². The van der Waals surface area contributed by atoms with Crippen LogP contribution in [-0.4, -0.2) is 36.5 Å². The minimum Gasteiger partial charge on any atom is -0.478 e. The highest BCUT2D eigenvalue weighted by Crippen LogP contribution is 2.19. The lowest BCUT2D eigenvalue weighted by Crippen LogP contribution is -2.14. The monoisotopic (exact) mass is 381 g/mol. The lowest BCUT2D eigenvalue weighted by molar-refractivity contribution is 0.0696. The Morgan fingerprint density at radius 2 is 1.82 bits per heavy atom. The number of carboxylic acid groups (broad SMARTS) is 1. The standard InChI is InChI=1S/C20H23N5O3/c1-12(2)11-24-13(3)17(9-21-24)19(26)23-15-6-5-7-16(8-15)25-14(4)18(10-22-25)20(27)28/h5-10,12H,11H2,1-4H3,(H,23,26)(H,27,28). The van der Waals surface area contributed by atoms with Gasteiger partial charge >= 0.3 is 5.97 Å². The molecule has 146 valence electrons. The highest BCUT2D eigenvalue weighted by Gasteiger charge is 2.17. The molecule has 0 radical (unpaired) electrons. The van der Waals surface area contributed by atoms with Gasteiger partial charge in [0.2, 0.25) is 0 Å². The molecular weight excluding hydrogens is 358 g/mol. The number of carboxylic acids is 1. The van der Waals surface area contributed by atoms with Gasteiger partial charge < -0.3 is 10.4 Å². The summed E-state index contributed by atoms with van der Waals surface area (Å²) in [5.74, 6) is -0.839. The van der Waals surface area contributed by atoms with E-state index in [1.165, 1.54) is 10.9 Å². The Labute approximate surface area is 162 Å². The van der Waals surface area contributed by atoms with Crippen LogP contribution in [0.25, 0.3) is 5.69 Å². The van der Waals surface area contributed by atoms with E-state index in [0.717, 1.165) is 12.2 Å². The highest BCUT2D eigenvalue weighted by molar-refractivity contribution is 6.05. The molecule has 0 unspecified atom stereocenters. The molecule has 0 aliphatic carbocycles. The maximum atomic E-state index is 12.7. The summed E-state index contributed by atoms with van der Waals surface area (Å²) in [6.07, 6.45) is 2.89. The number of carbonyl (C=O) groups is 2. The van der Waals surface area contributed by atoms with Crippen LogP contribution in [0, 0.1) is 19.8 Å². The molecule has 0 aliphatic rings. The van der Waals surface area contributed by atoms with E-state index in [1.54, 1.807) is 37.4 Å². The topological polar surface area (TPSA) is 102 Å². The number of hydrogen-bond donors (Lipinski definition) is 2. The third-order valence-corrected chi connectivity index (χ3v) is 4.47. The van der Waals surface area contributed by atoms with Gasteiger partial charge in [0, 0.05) is 17.9 Å². The Hall–Kier alpha value is -3.42. The third kappa shape index (κ3) is 3.80. The third-order valence-electron chi connectivity index (χ3n) is 4.47. The summed E-state index contributed by atoms with van der Waals surface area (Å²) in [5, 5.41) is 20.5. The van der Waals surface area contributed by atoms with Gasteiger partial charge in [0.15, 0.2) is 0 Å². The van der Waals surface area contributed by atoms with Crippen molar-refractivity contribution < 1.29 is 14.7 Å². The summed E-state index contributed by atoms with van der Waals surface area (Å²) in [6, 6.07) is 7.10. The number of carbonyl (C=O) groups excluding carboxylic acids is 1. The molecule has 3 aromatic rings. The van der Waals surface area contributed by atoms with Gasteiger partial charge in [-0.05, 0) is 38.0 Å². The van der Waals surface area contributed by atoms with Crippen LogP contribution < -0.4 is 5.32 Å². The molecular formula is C20H23N5O3. The molecule has 0 bridgehead atoms. The van der Waals surface area contributed by atoms with Gasteiger partial charge in [-0.25, -0.2) is 9.48 Å². The Kier molecular flexibility index (Phi) is 5.30. The van der Waals surface area contributed by atoms with Crippen molar-refractivity contribution in [3.05, 3.63) is 59.2 Å². The fourth-order valence-corrected chi connectivity index (χ4v) is 2.99. The van der Waals surface area contributed by atoms with Crippen molar-refractivity contribution >= 4 is 17.6 Å². The molecule has 0 atom stereocenters. The van der Waals surface area contributed by atoms with Crippen molar-refractivity contribution in [1.82, 2.24) is 19.6 Å². The number of amides is 1. The zero-order valence-corrected chi connectivity index (χ0v) is 16.3.